The second kappa shape index (κ2) is 8.35. The van der Waals surface area contributed by atoms with Gasteiger partial charge in [-0.15, -0.1) is 6.42 Å². The lowest BCUT2D eigenvalue weighted by atomic mass is 9.96. The number of carbonyl (C=O) groups excluding carboxylic acids is 2. The summed E-state index contributed by atoms with van der Waals surface area (Å²) in [6, 6.07) is 5.75. The van der Waals surface area contributed by atoms with Gasteiger partial charge in [0.2, 0.25) is 5.91 Å². The highest BCUT2D eigenvalue weighted by molar-refractivity contribution is 5.95. The average Bonchev–Trinajstić information content (AvgIpc) is 3.43. The Morgan fingerprint density at radius 3 is 2.93 bits per heavy atom. The Morgan fingerprint density at radius 1 is 1.24 bits per heavy atom. The maximum absolute atomic E-state index is 13.1. The molecule has 0 aliphatic carbocycles. The Balaban J connectivity index is 1.33. The maximum Gasteiger partial charge on any atom is 0.270 e. The largest absolute Gasteiger partial charge is 0.356 e. The lowest BCUT2D eigenvalue weighted by Gasteiger charge is -2.34. The molecule has 2 N–H and O–H groups in total. The van der Waals surface area contributed by atoms with Gasteiger partial charge in [-0.1, -0.05) is 12.0 Å². The number of likely N-dealkylation sites (tertiary alicyclic amines) is 1. The molecule has 2 aliphatic heterocycles. The number of piperidine rings is 1. The van der Waals surface area contributed by atoms with Crippen molar-refractivity contribution in [1.82, 2.24) is 25.4 Å². The fourth-order valence-corrected chi connectivity index (χ4v) is 4.09. The van der Waals surface area contributed by atoms with Crippen molar-refractivity contribution in [2.45, 2.75) is 25.3 Å². The summed E-state index contributed by atoms with van der Waals surface area (Å²) in [7, 11) is 0. The number of hydrogen-bond acceptors (Lipinski definition) is 5. The molecule has 2 aromatic rings. The number of aromatic amines is 1. The SMILES string of the molecule is C#Cc1cn[nH]c1C(=O)N[C@H]1CCN(C(=O)C2CCCN(c3ccccn3)C2)C1. The Bertz CT molecular complexity index is 919. The summed E-state index contributed by atoms with van der Waals surface area (Å²) in [5.74, 6) is 3.19. The zero-order valence-corrected chi connectivity index (χ0v) is 16.2. The number of hydrogen-bond donors (Lipinski definition) is 2. The quantitative estimate of drug-likeness (QED) is 0.758. The van der Waals surface area contributed by atoms with Crippen molar-refractivity contribution in [1.29, 1.82) is 0 Å². The summed E-state index contributed by atoms with van der Waals surface area (Å²) in [6.07, 6.45) is 11.2. The van der Waals surface area contributed by atoms with Crippen molar-refractivity contribution in [3.8, 4) is 12.3 Å². The van der Waals surface area contributed by atoms with Gasteiger partial charge in [0, 0.05) is 38.4 Å². The molecule has 0 saturated carbocycles. The number of pyridine rings is 1. The lowest BCUT2D eigenvalue weighted by molar-refractivity contribution is -0.134. The van der Waals surface area contributed by atoms with Gasteiger partial charge >= 0.3 is 0 Å². The van der Waals surface area contributed by atoms with Crippen LogP contribution in [0, 0.1) is 18.3 Å². The number of amides is 2. The van der Waals surface area contributed by atoms with Crippen molar-refractivity contribution in [3.05, 3.63) is 41.9 Å². The van der Waals surface area contributed by atoms with E-state index in [2.05, 4.69) is 31.3 Å². The Hall–Kier alpha value is -3.34. The third-order valence-electron chi connectivity index (χ3n) is 5.60. The summed E-state index contributed by atoms with van der Waals surface area (Å²) in [6.45, 7) is 2.77. The monoisotopic (exact) mass is 392 g/mol. The summed E-state index contributed by atoms with van der Waals surface area (Å²) < 4.78 is 0. The van der Waals surface area contributed by atoms with Crippen molar-refractivity contribution in [3.63, 3.8) is 0 Å². The van der Waals surface area contributed by atoms with Gasteiger partial charge in [-0.3, -0.25) is 14.7 Å². The van der Waals surface area contributed by atoms with E-state index in [9.17, 15) is 9.59 Å². The third-order valence-corrected chi connectivity index (χ3v) is 5.60. The molecule has 0 spiro atoms. The number of H-pyrrole nitrogens is 1. The molecule has 0 radical (unpaired) electrons. The second-order valence-electron chi connectivity index (χ2n) is 7.52. The maximum atomic E-state index is 13.1. The van der Waals surface area contributed by atoms with Gasteiger partial charge in [-0.05, 0) is 31.4 Å². The summed E-state index contributed by atoms with van der Waals surface area (Å²) in [5.41, 5.74) is 0.723. The van der Waals surface area contributed by atoms with Crippen LogP contribution in [0.2, 0.25) is 0 Å². The van der Waals surface area contributed by atoms with Crippen LogP contribution in [0.25, 0.3) is 0 Å². The summed E-state index contributed by atoms with van der Waals surface area (Å²) >= 11 is 0. The number of nitrogens with zero attached hydrogens (tertiary/aromatic N) is 4. The fourth-order valence-electron chi connectivity index (χ4n) is 4.09. The van der Waals surface area contributed by atoms with Crippen molar-refractivity contribution in [2.75, 3.05) is 31.1 Å². The minimum absolute atomic E-state index is 0.0409. The first-order valence-corrected chi connectivity index (χ1v) is 9.91. The van der Waals surface area contributed by atoms with Gasteiger partial charge in [-0.2, -0.15) is 5.10 Å². The van der Waals surface area contributed by atoms with Gasteiger partial charge in [0.15, 0.2) is 0 Å². The third kappa shape index (κ3) is 4.09. The molecular formula is C21H24N6O2. The first kappa shape index (κ1) is 19.0. The molecular weight excluding hydrogens is 368 g/mol. The molecule has 4 heterocycles. The minimum atomic E-state index is -0.284. The second-order valence-corrected chi connectivity index (χ2v) is 7.52. The molecule has 1 unspecified atom stereocenters. The van der Waals surface area contributed by atoms with Crippen LogP contribution < -0.4 is 10.2 Å². The van der Waals surface area contributed by atoms with Crippen LogP contribution in [0.3, 0.4) is 0 Å². The van der Waals surface area contributed by atoms with Gasteiger partial charge in [0.1, 0.15) is 11.5 Å². The smallest absolute Gasteiger partial charge is 0.270 e. The molecule has 0 aromatic carbocycles. The van der Waals surface area contributed by atoms with E-state index in [1.165, 1.54) is 6.20 Å². The topological polar surface area (TPSA) is 94.2 Å². The van der Waals surface area contributed by atoms with Gasteiger partial charge in [-0.25, -0.2) is 4.98 Å². The van der Waals surface area contributed by atoms with E-state index < -0.39 is 0 Å². The first-order valence-electron chi connectivity index (χ1n) is 9.91. The van der Waals surface area contributed by atoms with Gasteiger partial charge in [0.05, 0.1) is 17.7 Å². The number of aromatic nitrogens is 3. The number of rotatable bonds is 4. The lowest BCUT2D eigenvalue weighted by Crippen LogP contribution is -2.45. The van der Waals surface area contributed by atoms with Crippen molar-refractivity contribution in [2.24, 2.45) is 5.92 Å². The highest BCUT2D eigenvalue weighted by atomic mass is 16.2. The molecule has 2 amide bonds. The van der Waals surface area contributed by atoms with E-state index in [-0.39, 0.29) is 29.5 Å². The van der Waals surface area contributed by atoms with E-state index in [0.29, 0.717) is 25.2 Å². The normalized spacial score (nSPS) is 21.6. The molecule has 2 aromatic heterocycles. The first-order chi connectivity index (χ1) is 14.2. The number of carbonyl (C=O) groups is 2. The zero-order valence-electron chi connectivity index (χ0n) is 16.2. The molecule has 2 fully saturated rings. The highest BCUT2D eigenvalue weighted by Crippen LogP contribution is 2.24. The van der Waals surface area contributed by atoms with E-state index in [4.69, 9.17) is 6.42 Å². The van der Waals surface area contributed by atoms with E-state index in [1.807, 2.05) is 23.1 Å². The van der Waals surface area contributed by atoms with Crippen LogP contribution in [0.15, 0.2) is 30.6 Å². The van der Waals surface area contributed by atoms with Crippen molar-refractivity contribution >= 4 is 17.6 Å². The molecule has 0 bridgehead atoms. The molecule has 2 aliphatic rings. The fraction of sp³-hybridized carbons (Fsp3) is 0.429. The highest BCUT2D eigenvalue weighted by Gasteiger charge is 2.34. The van der Waals surface area contributed by atoms with Crippen molar-refractivity contribution < 1.29 is 9.59 Å². The average molecular weight is 392 g/mol. The molecule has 2 saturated heterocycles. The summed E-state index contributed by atoms with van der Waals surface area (Å²) in [4.78, 5) is 33.9. The molecule has 8 nitrogen and oxygen atoms in total. The van der Waals surface area contributed by atoms with Crippen LogP contribution in [0.4, 0.5) is 5.82 Å². The van der Waals surface area contributed by atoms with Gasteiger partial charge in [0.25, 0.3) is 5.91 Å². The molecule has 29 heavy (non-hydrogen) atoms. The Kier molecular flexibility index (Phi) is 5.47. The van der Waals surface area contributed by atoms with E-state index in [1.54, 1.807) is 6.20 Å². The van der Waals surface area contributed by atoms with Crippen LogP contribution in [-0.2, 0) is 4.79 Å². The Morgan fingerprint density at radius 2 is 2.14 bits per heavy atom. The predicted octanol–water partition coefficient (Wildman–Crippen LogP) is 1.03. The predicted molar refractivity (Wildman–Crippen MR) is 108 cm³/mol. The molecule has 150 valence electrons. The standard InChI is InChI=1S/C21H24N6O2/c1-2-15-12-23-25-19(15)20(28)24-17-8-11-27(14-17)21(29)16-6-5-10-26(13-16)18-7-3-4-9-22-18/h1,3-4,7,9,12,16-17H,5-6,8,10-11,13-14H2,(H,23,25)(H,24,28)/t16?,17-/m0/s1. The van der Waals surface area contributed by atoms with Crippen LogP contribution in [0.5, 0.6) is 0 Å². The number of nitrogens with one attached hydrogen (secondary N) is 2. The summed E-state index contributed by atoms with van der Waals surface area (Å²) in [5, 5.41) is 9.42. The molecule has 2 atom stereocenters. The van der Waals surface area contributed by atoms with Gasteiger partial charge < -0.3 is 15.1 Å². The van der Waals surface area contributed by atoms with Crippen LogP contribution in [0.1, 0.15) is 35.3 Å². The zero-order chi connectivity index (χ0) is 20.2. The van der Waals surface area contributed by atoms with Crippen LogP contribution >= 0.6 is 0 Å². The Labute approximate surface area is 169 Å². The van der Waals surface area contributed by atoms with E-state index >= 15 is 0 Å². The van der Waals surface area contributed by atoms with E-state index in [0.717, 1.165) is 31.6 Å². The van der Waals surface area contributed by atoms with Crippen LogP contribution in [-0.4, -0.2) is 64.1 Å². The molecule has 4 rings (SSSR count). The number of anilines is 1. The number of terminal acetylenes is 1. The molecule has 8 heteroatoms. The minimum Gasteiger partial charge on any atom is -0.356 e.